The molecule has 27 heavy (non-hydrogen) atoms. The van der Waals surface area contributed by atoms with Gasteiger partial charge in [-0.2, -0.15) is 0 Å². The summed E-state index contributed by atoms with van der Waals surface area (Å²) in [4.78, 5) is 28.2. The molecule has 0 unspecified atom stereocenters. The van der Waals surface area contributed by atoms with Crippen molar-refractivity contribution in [1.82, 2.24) is 0 Å². The summed E-state index contributed by atoms with van der Waals surface area (Å²) in [5.74, 6) is -1.28. The third kappa shape index (κ3) is 2.75. The van der Waals surface area contributed by atoms with Crippen LogP contribution < -0.4 is 4.90 Å². The molecule has 0 spiro atoms. The van der Waals surface area contributed by atoms with E-state index < -0.39 is 11.5 Å². The molecule has 5 heteroatoms. The van der Waals surface area contributed by atoms with Crippen LogP contribution in [-0.4, -0.2) is 23.3 Å². The second-order valence-electron chi connectivity index (χ2n) is 7.35. The smallest absolute Gasteiger partial charge is 0.264 e. The lowest BCUT2D eigenvalue weighted by Crippen LogP contribution is -2.49. The van der Waals surface area contributed by atoms with Crippen LogP contribution in [0.25, 0.3) is 0 Å². The minimum Gasteiger partial charge on any atom is -0.375 e. The molecule has 2 atom stereocenters. The summed E-state index contributed by atoms with van der Waals surface area (Å²) in [5.41, 5.74) is 1.06. The summed E-state index contributed by atoms with van der Waals surface area (Å²) >= 11 is 3.45. The Labute approximate surface area is 167 Å². The number of carbonyl (C=O) groups is 2. The molecule has 0 bridgehead atoms. The molecule has 0 saturated heterocycles. The van der Waals surface area contributed by atoms with Gasteiger partial charge in [-0.05, 0) is 43.0 Å². The van der Waals surface area contributed by atoms with Crippen LogP contribution in [0.4, 0.5) is 5.69 Å². The number of unbranched alkanes of at least 4 members (excludes halogenated alkanes) is 1. The summed E-state index contributed by atoms with van der Waals surface area (Å²) in [6.07, 6.45) is 2.94. The van der Waals surface area contributed by atoms with E-state index in [1.54, 1.807) is 17.0 Å². The fourth-order valence-corrected chi connectivity index (χ4v) is 4.71. The van der Waals surface area contributed by atoms with E-state index in [1.807, 2.05) is 30.3 Å². The van der Waals surface area contributed by atoms with E-state index in [4.69, 9.17) is 0 Å². The molecular formula is C22H22BrNO3. The van der Waals surface area contributed by atoms with Gasteiger partial charge in [-0.1, -0.05) is 53.5 Å². The van der Waals surface area contributed by atoms with Crippen molar-refractivity contribution in [3.63, 3.8) is 0 Å². The minimum atomic E-state index is -1.81. The Hall–Kier alpha value is -1.98. The first-order valence-electron chi connectivity index (χ1n) is 9.45. The second kappa shape index (κ2) is 6.88. The summed E-state index contributed by atoms with van der Waals surface area (Å²) < 4.78 is 0.786. The Kier molecular flexibility index (Phi) is 4.68. The lowest BCUT2D eigenvalue weighted by molar-refractivity contribution is -0.140. The van der Waals surface area contributed by atoms with Crippen LogP contribution in [0.3, 0.4) is 0 Å². The molecule has 4 rings (SSSR count). The van der Waals surface area contributed by atoms with Gasteiger partial charge in [0.05, 0.1) is 11.6 Å². The highest BCUT2D eigenvalue weighted by Crippen LogP contribution is 2.49. The topological polar surface area (TPSA) is 57.6 Å². The largest absolute Gasteiger partial charge is 0.375 e. The van der Waals surface area contributed by atoms with E-state index >= 15 is 0 Å². The van der Waals surface area contributed by atoms with Crippen LogP contribution in [0, 0.1) is 5.92 Å². The number of nitrogens with zero attached hydrogens (tertiary/aromatic N) is 1. The molecule has 1 aliphatic carbocycles. The molecule has 140 valence electrons. The van der Waals surface area contributed by atoms with Gasteiger partial charge in [0.2, 0.25) is 0 Å². The Morgan fingerprint density at radius 1 is 1.22 bits per heavy atom. The lowest BCUT2D eigenvalue weighted by Gasteiger charge is -2.34. The third-order valence-electron chi connectivity index (χ3n) is 5.77. The van der Waals surface area contributed by atoms with Crippen molar-refractivity contribution in [3.05, 3.63) is 63.6 Å². The van der Waals surface area contributed by atoms with Gasteiger partial charge in [0.25, 0.3) is 5.91 Å². The van der Waals surface area contributed by atoms with Crippen molar-refractivity contribution in [1.29, 1.82) is 0 Å². The van der Waals surface area contributed by atoms with Crippen LogP contribution in [-0.2, 0) is 16.8 Å². The molecule has 4 nitrogen and oxygen atoms in total. The fourth-order valence-electron chi connectivity index (χ4n) is 4.35. The average Bonchev–Trinajstić information content (AvgIpc) is 2.88. The zero-order valence-electron chi connectivity index (χ0n) is 15.2. The number of ketones is 1. The quantitative estimate of drug-likeness (QED) is 0.793. The van der Waals surface area contributed by atoms with E-state index in [2.05, 4.69) is 22.9 Å². The first kappa shape index (κ1) is 18.4. The number of Topliss-reactive ketones (excluding diaryl/α,β-unsaturated/α-hetero) is 1. The van der Waals surface area contributed by atoms with Crippen molar-refractivity contribution in [3.8, 4) is 0 Å². The first-order chi connectivity index (χ1) is 13.0. The Morgan fingerprint density at radius 2 is 2.00 bits per heavy atom. The predicted octanol–water partition coefficient (Wildman–Crippen LogP) is 4.23. The number of hydrogen-bond donors (Lipinski definition) is 1. The molecule has 2 aromatic carbocycles. The normalized spacial score (nSPS) is 24.1. The molecule has 0 aromatic heterocycles. The maximum absolute atomic E-state index is 13.4. The molecule has 0 fully saturated rings. The molecule has 2 aromatic rings. The van der Waals surface area contributed by atoms with Gasteiger partial charge in [-0.25, -0.2) is 0 Å². The van der Waals surface area contributed by atoms with Crippen molar-refractivity contribution in [2.24, 2.45) is 5.92 Å². The number of halogens is 1. The minimum absolute atomic E-state index is 0.143. The van der Waals surface area contributed by atoms with E-state index in [0.717, 1.165) is 22.9 Å². The standard InChI is InChI=1S/C22H22BrNO3/c1-2-3-12-24-19-11-9-15(23)13-18(19)22(27,21(24)26)17-10-8-14-6-4-5-7-16(14)20(17)25/h4-7,9,11,13,17,27H,2-3,8,10,12H2,1H3/t17-,22-/m1/s1. The van der Waals surface area contributed by atoms with Gasteiger partial charge >= 0.3 is 0 Å². The summed E-state index contributed by atoms with van der Waals surface area (Å²) in [7, 11) is 0. The van der Waals surface area contributed by atoms with Crippen LogP contribution in [0.15, 0.2) is 46.9 Å². The maximum Gasteiger partial charge on any atom is 0.264 e. The number of anilines is 1. The Bertz CT molecular complexity index is 926. The third-order valence-corrected chi connectivity index (χ3v) is 6.27. The summed E-state index contributed by atoms with van der Waals surface area (Å²) in [5, 5.41) is 11.7. The number of carbonyl (C=O) groups excluding carboxylic acids is 2. The SMILES string of the molecule is CCCCN1C(=O)[C@@](O)([C@@H]2CCc3ccccc3C2=O)c2cc(Br)ccc21. The van der Waals surface area contributed by atoms with E-state index in [1.165, 1.54) is 0 Å². The van der Waals surface area contributed by atoms with Crippen LogP contribution in [0.2, 0.25) is 0 Å². The maximum atomic E-state index is 13.4. The Morgan fingerprint density at radius 3 is 2.78 bits per heavy atom. The molecule has 1 N–H and O–H groups in total. The monoisotopic (exact) mass is 427 g/mol. The number of benzene rings is 2. The molecule has 2 aliphatic rings. The van der Waals surface area contributed by atoms with Gasteiger partial charge in [0, 0.05) is 22.1 Å². The van der Waals surface area contributed by atoms with E-state index in [-0.39, 0.29) is 11.7 Å². The van der Waals surface area contributed by atoms with Crippen molar-refractivity contribution in [2.75, 3.05) is 11.4 Å². The zero-order chi connectivity index (χ0) is 19.2. The fraction of sp³-hybridized carbons (Fsp3) is 0.364. The number of aryl methyl sites for hydroxylation is 1. The molecule has 0 radical (unpaired) electrons. The van der Waals surface area contributed by atoms with Crippen molar-refractivity contribution >= 4 is 33.3 Å². The zero-order valence-corrected chi connectivity index (χ0v) is 16.8. The van der Waals surface area contributed by atoms with Crippen LogP contribution in [0.5, 0.6) is 0 Å². The average molecular weight is 428 g/mol. The molecule has 1 amide bonds. The van der Waals surface area contributed by atoms with Gasteiger partial charge in [-0.15, -0.1) is 0 Å². The summed E-state index contributed by atoms with van der Waals surface area (Å²) in [6, 6.07) is 13.0. The van der Waals surface area contributed by atoms with Gasteiger partial charge in [0.15, 0.2) is 11.4 Å². The highest BCUT2D eigenvalue weighted by molar-refractivity contribution is 9.10. The summed E-state index contributed by atoms with van der Waals surface area (Å²) in [6.45, 7) is 2.61. The molecule has 0 saturated carbocycles. The number of rotatable bonds is 4. The van der Waals surface area contributed by atoms with E-state index in [9.17, 15) is 14.7 Å². The highest BCUT2D eigenvalue weighted by Gasteiger charge is 2.57. The number of aliphatic hydroxyl groups is 1. The van der Waals surface area contributed by atoms with Gasteiger partial charge < -0.3 is 10.0 Å². The van der Waals surface area contributed by atoms with Crippen molar-refractivity contribution < 1.29 is 14.7 Å². The van der Waals surface area contributed by atoms with Gasteiger partial charge in [0.1, 0.15) is 0 Å². The van der Waals surface area contributed by atoms with Gasteiger partial charge in [-0.3, -0.25) is 9.59 Å². The molecule has 1 heterocycles. The predicted molar refractivity (Wildman–Crippen MR) is 108 cm³/mol. The van der Waals surface area contributed by atoms with E-state index in [0.29, 0.717) is 36.2 Å². The first-order valence-corrected chi connectivity index (χ1v) is 10.2. The highest BCUT2D eigenvalue weighted by atomic mass is 79.9. The van der Waals surface area contributed by atoms with Crippen molar-refractivity contribution in [2.45, 2.75) is 38.2 Å². The molecule has 1 aliphatic heterocycles. The number of amides is 1. The lowest BCUT2D eigenvalue weighted by atomic mass is 9.71. The number of hydrogen-bond acceptors (Lipinski definition) is 3. The molecular weight excluding hydrogens is 406 g/mol. The van der Waals surface area contributed by atoms with Crippen LogP contribution >= 0.6 is 15.9 Å². The Balaban J connectivity index is 1.81. The van der Waals surface area contributed by atoms with Crippen LogP contribution in [0.1, 0.15) is 47.7 Å². The second-order valence-corrected chi connectivity index (χ2v) is 8.27. The number of fused-ring (bicyclic) bond motifs is 2.